The zero-order valence-electron chi connectivity index (χ0n) is 17.2. The average Bonchev–Trinajstić information content (AvgIpc) is 2.77. The van der Waals surface area contributed by atoms with Gasteiger partial charge in [0.2, 0.25) is 11.8 Å². The second-order valence-electron chi connectivity index (χ2n) is 7.63. The van der Waals surface area contributed by atoms with Crippen molar-refractivity contribution in [3.63, 3.8) is 0 Å². The summed E-state index contributed by atoms with van der Waals surface area (Å²) in [4.78, 5) is 29.2. The summed E-state index contributed by atoms with van der Waals surface area (Å²) in [5, 5.41) is 0. The number of amides is 2. The van der Waals surface area contributed by atoms with Gasteiger partial charge in [-0.15, -0.1) is 0 Å². The lowest BCUT2D eigenvalue weighted by atomic mass is 10.0. The van der Waals surface area contributed by atoms with E-state index in [1.807, 2.05) is 35.2 Å². The van der Waals surface area contributed by atoms with Gasteiger partial charge in [-0.3, -0.25) is 9.59 Å². The van der Waals surface area contributed by atoms with Gasteiger partial charge in [0.05, 0.1) is 6.04 Å². The Morgan fingerprint density at radius 2 is 1.83 bits per heavy atom. The zero-order chi connectivity index (χ0) is 20.6. The van der Waals surface area contributed by atoms with E-state index in [0.29, 0.717) is 25.9 Å². The van der Waals surface area contributed by atoms with Crippen molar-refractivity contribution in [2.24, 2.45) is 5.73 Å². The molecule has 1 fully saturated rings. The monoisotopic (exact) mass is 393 g/mol. The van der Waals surface area contributed by atoms with Crippen molar-refractivity contribution in [1.82, 2.24) is 4.90 Å². The molecule has 5 nitrogen and oxygen atoms in total. The molecule has 1 atom stereocenters. The Morgan fingerprint density at radius 3 is 2.55 bits per heavy atom. The minimum absolute atomic E-state index is 0.0240. The third kappa shape index (κ3) is 5.24. The second kappa shape index (κ2) is 10.2. The van der Waals surface area contributed by atoms with E-state index in [9.17, 15) is 9.59 Å². The maximum absolute atomic E-state index is 13.0. The summed E-state index contributed by atoms with van der Waals surface area (Å²) in [5.41, 5.74) is 8.67. The summed E-state index contributed by atoms with van der Waals surface area (Å²) in [5.74, 6) is 0.0200. The predicted octanol–water partition coefficient (Wildman–Crippen LogP) is 3.83. The summed E-state index contributed by atoms with van der Waals surface area (Å²) in [6, 6.07) is 18.3. The van der Waals surface area contributed by atoms with Gasteiger partial charge in [0.25, 0.3) is 0 Å². The van der Waals surface area contributed by atoms with E-state index in [0.717, 1.165) is 36.1 Å². The summed E-state index contributed by atoms with van der Waals surface area (Å²) in [7, 11) is 0. The van der Waals surface area contributed by atoms with Crippen LogP contribution in [0.4, 0.5) is 5.69 Å². The Bertz CT molecular complexity index is 822. The van der Waals surface area contributed by atoms with Gasteiger partial charge in [-0.05, 0) is 42.6 Å². The van der Waals surface area contributed by atoms with Gasteiger partial charge < -0.3 is 15.5 Å². The molecule has 2 aromatic rings. The van der Waals surface area contributed by atoms with Gasteiger partial charge in [-0.2, -0.15) is 0 Å². The average molecular weight is 394 g/mol. The number of hydrogen-bond acceptors (Lipinski definition) is 3. The summed E-state index contributed by atoms with van der Waals surface area (Å²) in [6.07, 6.45) is 4.09. The van der Waals surface area contributed by atoms with Crippen LogP contribution in [0.25, 0.3) is 11.1 Å². The lowest BCUT2D eigenvalue weighted by molar-refractivity contribution is -0.140. The Balaban J connectivity index is 1.82. The topological polar surface area (TPSA) is 66.6 Å². The summed E-state index contributed by atoms with van der Waals surface area (Å²) in [6.45, 7) is 3.33. The standard InChI is InChI=1S/C24H31N3O2/c1-2-3-12-22-17-26(24(29)18-27(22)23(28)14-8-15-25)21-13-7-11-20(16-21)19-9-5-4-6-10-19/h4-7,9-11,13,16,22H,2-3,8,12,14-15,17-18,25H2,1H3/t22-/m0/s1. The molecule has 29 heavy (non-hydrogen) atoms. The van der Waals surface area contributed by atoms with Gasteiger partial charge in [-0.25, -0.2) is 0 Å². The fourth-order valence-electron chi connectivity index (χ4n) is 3.88. The normalized spacial score (nSPS) is 16.9. The molecule has 0 aliphatic carbocycles. The molecule has 2 amide bonds. The van der Waals surface area contributed by atoms with Crippen LogP contribution in [0, 0.1) is 0 Å². The fourth-order valence-corrected chi connectivity index (χ4v) is 3.88. The van der Waals surface area contributed by atoms with Crippen LogP contribution in [0.3, 0.4) is 0 Å². The number of hydrogen-bond donors (Lipinski definition) is 1. The first-order chi connectivity index (χ1) is 14.1. The highest BCUT2D eigenvalue weighted by molar-refractivity contribution is 5.98. The number of carbonyl (C=O) groups excluding carboxylic acids is 2. The van der Waals surface area contributed by atoms with Gasteiger partial charge in [0.15, 0.2) is 0 Å². The second-order valence-corrected chi connectivity index (χ2v) is 7.63. The van der Waals surface area contributed by atoms with Crippen molar-refractivity contribution in [3.8, 4) is 11.1 Å². The molecule has 1 aliphatic heterocycles. The molecule has 0 saturated carbocycles. The molecule has 1 heterocycles. The first-order valence-corrected chi connectivity index (χ1v) is 10.6. The van der Waals surface area contributed by atoms with Crippen molar-refractivity contribution >= 4 is 17.5 Å². The highest BCUT2D eigenvalue weighted by atomic mass is 16.2. The largest absolute Gasteiger partial charge is 0.330 e. The Labute approximate surface area is 173 Å². The number of unbranched alkanes of at least 4 members (excludes halogenated alkanes) is 1. The van der Waals surface area contributed by atoms with Crippen LogP contribution < -0.4 is 10.6 Å². The molecule has 0 bridgehead atoms. The van der Waals surface area contributed by atoms with Crippen LogP contribution >= 0.6 is 0 Å². The summed E-state index contributed by atoms with van der Waals surface area (Å²) >= 11 is 0. The van der Waals surface area contributed by atoms with E-state index in [4.69, 9.17) is 5.73 Å². The highest BCUT2D eigenvalue weighted by Crippen LogP contribution is 2.28. The van der Waals surface area contributed by atoms with Gasteiger partial charge >= 0.3 is 0 Å². The number of nitrogens with zero attached hydrogens (tertiary/aromatic N) is 2. The van der Waals surface area contributed by atoms with Gasteiger partial charge in [0.1, 0.15) is 6.54 Å². The molecule has 3 rings (SSSR count). The predicted molar refractivity (Wildman–Crippen MR) is 118 cm³/mol. The molecule has 0 spiro atoms. The quantitative estimate of drug-likeness (QED) is 0.741. The first-order valence-electron chi connectivity index (χ1n) is 10.6. The molecule has 1 saturated heterocycles. The van der Waals surface area contributed by atoms with Crippen molar-refractivity contribution < 1.29 is 9.59 Å². The number of anilines is 1. The summed E-state index contributed by atoms with van der Waals surface area (Å²) < 4.78 is 0. The van der Waals surface area contributed by atoms with Gasteiger partial charge in [-0.1, -0.05) is 62.2 Å². The molecule has 0 unspecified atom stereocenters. The van der Waals surface area contributed by atoms with Gasteiger partial charge in [0, 0.05) is 18.7 Å². The van der Waals surface area contributed by atoms with Crippen LogP contribution in [0.5, 0.6) is 0 Å². The van der Waals surface area contributed by atoms with Crippen molar-refractivity contribution in [2.45, 2.75) is 45.1 Å². The third-order valence-corrected chi connectivity index (χ3v) is 5.51. The maximum Gasteiger partial charge on any atom is 0.246 e. The highest BCUT2D eigenvalue weighted by Gasteiger charge is 2.34. The van der Waals surface area contributed by atoms with Crippen molar-refractivity contribution in [3.05, 3.63) is 54.6 Å². The number of rotatable bonds is 8. The smallest absolute Gasteiger partial charge is 0.246 e. The van der Waals surface area contributed by atoms with E-state index < -0.39 is 0 Å². The Kier molecular flexibility index (Phi) is 7.42. The Morgan fingerprint density at radius 1 is 1.07 bits per heavy atom. The first kappa shape index (κ1) is 21.1. The van der Waals surface area contributed by atoms with E-state index >= 15 is 0 Å². The molecule has 154 valence electrons. The molecule has 0 aromatic heterocycles. The van der Waals surface area contributed by atoms with E-state index in [1.165, 1.54) is 0 Å². The minimum Gasteiger partial charge on any atom is -0.330 e. The molecule has 5 heteroatoms. The fraction of sp³-hybridized carbons (Fsp3) is 0.417. The minimum atomic E-state index is -0.0240. The van der Waals surface area contributed by atoms with Crippen LogP contribution in [-0.2, 0) is 9.59 Å². The van der Waals surface area contributed by atoms with Crippen LogP contribution in [0.15, 0.2) is 54.6 Å². The van der Waals surface area contributed by atoms with E-state index in [1.54, 1.807) is 4.90 Å². The molecule has 0 radical (unpaired) electrons. The molecular formula is C24H31N3O2. The van der Waals surface area contributed by atoms with E-state index in [2.05, 4.69) is 31.2 Å². The van der Waals surface area contributed by atoms with Crippen LogP contribution in [0.1, 0.15) is 39.0 Å². The number of benzene rings is 2. The van der Waals surface area contributed by atoms with Crippen molar-refractivity contribution in [2.75, 3.05) is 24.5 Å². The number of carbonyl (C=O) groups is 2. The molecule has 2 aromatic carbocycles. The van der Waals surface area contributed by atoms with Crippen molar-refractivity contribution in [1.29, 1.82) is 0 Å². The number of nitrogens with two attached hydrogens (primary N) is 1. The third-order valence-electron chi connectivity index (χ3n) is 5.51. The molecular weight excluding hydrogens is 362 g/mol. The van der Waals surface area contributed by atoms with Crippen LogP contribution in [0.2, 0.25) is 0 Å². The zero-order valence-corrected chi connectivity index (χ0v) is 17.2. The number of piperazine rings is 1. The lowest BCUT2D eigenvalue weighted by Gasteiger charge is -2.41. The molecule has 2 N–H and O–H groups in total. The van der Waals surface area contributed by atoms with Crippen LogP contribution in [-0.4, -0.2) is 42.4 Å². The SMILES string of the molecule is CCCC[C@H]1CN(c2cccc(-c3ccccc3)c2)C(=O)CN1C(=O)CCCN. The Hall–Kier alpha value is -2.66. The maximum atomic E-state index is 13.0. The van der Waals surface area contributed by atoms with E-state index in [-0.39, 0.29) is 24.4 Å². The molecule has 1 aliphatic rings. The lowest BCUT2D eigenvalue weighted by Crippen LogP contribution is -2.58.